The molecule has 2 amide bonds. The van der Waals surface area contributed by atoms with E-state index in [-0.39, 0.29) is 48.9 Å². The van der Waals surface area contributed by atoms with E-state index in [1.165, 1.54) is 5.56 Å². The summed E-state index contributed by atoms with van der Waals surface area (Å²) in [4.78, 5) is 29.9. The van der Waals surface area contributed by atoms with Gasteiger partial charge in [0.15, 0.2) is 0 Å². The molecule has 1 N–H and O–H groups in total. The van der Waals surface area contributed by atoms with Crippen LogP contribution in [0.15, 0.2) is 78.9 Å². The summed E-state index contributed by atoms with van der Waals surface area (Å²) in [6.45, 7) is 5.97. The molecule has 0 unspecified atom stereocenters. The lowest BCUT2D eigenvalue weighted by atomic mass is 9.94. The largest absolute Gasteiger partial charge is 0.395 e. The van der Waals surface area contributed by atoms with E-state index < -0.39 is 14.5 Å². The minimum absolute atomic E-state index is 0.0244. The van der Waals surface area contributed by atoms with Crippen LogP contribution in [-0.4, -0.2) is 55.6 Å². The number of aliphatic hydroxyl groups excluding tert-OH is 1. The minimum Gasteiger partial charge on any atom is -0.395 e. The van der Waals surface area contributed by atoms with E-state index in [4.69, 9.17) is 4.74 Å². The molecule has 228 valence electrons. The molecule has 2 aliphatic rings. The average Bonchev–Trinajstić information content (AvgIpc) is 3.31. The third-order valence-electron chi connectivity index (χ3n) is 8.99. The number of anilines is 2. The van der Waals surface area contributed by atoms with E-state index in [9.17, 15) is 14.7 Å². The zero-order valence-corrected chi connectivity index (χ0v) is 26.4. The fourth-order valence-corrected chi connectivity index (χ4v) is 9.51. The highest BCUT2D eigenvalue weighted by atomic mass is 28.4. The van der Waals surface area contributed by atoms with Crippen LogP contribution in [0.3, 0.4) is 0 Å². The van der Waals surface area contributed by atoms with Crippen molar-refractivity contribution < 1.29 is 23.5 Å². The third kappa shape index (κ3) is 7.25. The quantitative estimate of drug-likeness (QED) is 0.199. The smallest absolute Gasteiger partial charge is 0.246 e. The summed E-state index contributed by atoms with van der Waals surface area (Å²) in [7, 11) is -3.16. The molecule has 6 nitrogen and oxygen atoms in total. The van der Waals surface area contributed by atoms with Gasteiger partial charge in [-0.05, 0) is 73.2 Å². The maximum absolute atomic E-state index is 15.8. The molecule has 1 saturated heterocycles. The van der Waals surface area contributed by atoms with Gasteiger partial charge in [-0.1, -0.05) is 67.6 Å². The highest BCUT2D eigenvalue weighted by Gasteiger charge is 2.51. The van der Waals surface area contributed by atoms with Gasteiger partial charge in [0.2, 0.25) is 20.2 Å². The molecule has 3 aromatic carbocycles. The summed E-state index contributed by atoms with van der Waals surface area (Å²) in [5.74, 6) is -0.0570. The van der Waals surface area contributed by atoms with Crippen LogP contribution < -0.4 is 4.90 Å². The van der Waals surface area contributed by atoms with Crippen molar-refractivity contribution in [1.29, 1.82) is 0 Å². The fourth-order valence-electron chi connectivity index (χ4n) is 6.96. The second-order valence-corrected chi connectivity index (χ2v) is 16.3. The Morgan fingerprint density at radius 2 is 1.72 bits per heavy atom. The van der Waals surface area contributed by atoms with Crippen LogP contribution >= 0.6 is 0 Å². The number of aliphatic hydroxyl groups is 1. The number of benzene rings is 3. The number of ether oxygens (including phenoxy) is 1. The monoisotopic (exact) mass is 602 g/mol. The summed E-state index contributed by atoms with van der Waals surface area (Å²) >= 11 is 0. The van der Waals surface area contributed by atoms with Crippen molar-refractivity contribution in [2.24, 2.45) is 5.92 Å². The minimum atomic E-state index is -3.16. The van der Waals surface area contributed by atoms with E-state index in [1.54, 1.807) is 18.0 Å². The highest BCUT2D eigenvalue weighted by Crippen LogP contribution is 2.47. The van der Waals surface area contributed by atoms with Gasteiger partial charge < -0.3 is 18.9 Å². The van der Waals surface area contributed by atoms with Crippen LogP contribution in [-0.2, 0) is 33.7 Å². The van der Waals surface area contributed by atoms with Gasteiger partial charge in [0.25, 0.3) is 0 Å². The number of aryl methyl sites for hydroxylation is 2. The predicted molar refractivity (Wildman–Crippen MR) is 170 cm³/mol. The number of hydrogen-bond donors (Lipinski definition) is 1. The van der Waals surface area contributed by atoms with E-state index in [1.807, 2.05) is 65.6 Å². The van der Waals surface area contributed by atoms with Crippen LogP contribution in [0.25, 0.3) is 0 Å². The van der Waals surface area contributed by atoms with Crippen molar-refractivity contribution >= 4 is 31.6 Å². The standard InChI is InChI=1S/C35H43FN2O4Si/c1-25-31(18-16-26-12-9-14-29(22-26)38-30-15-8-7-13-28(30)17-19-33(38)40)42-32(35(25)43(2,3)36)23-34(41)37(20-21-39)24-27-10-5-4-6-11-27/h4-15,22,25,31-32,35,39H,16-21,23-24H2,1-3H3/t25-,31+,32-,35+/m0/s1. The van der Waals surface area contributed by atoms with Gasteiger partial charge >= 0.3 is 0 Å². The van der Waals surface area contributed by atoms with Crippen LogP contribution in [0.4, 0.5) is 15.5 Å². The predicted octanol–water partition coefficient (Wildman–Crippen LogP) is 6.59. The van der Waals surface area contributed by atoms with Gasteiger partial charge in [-0.3, -0.25) is 14.5 Å². The maximum Gasteiger partial charge on any atom is 0.246 e. The summed E-state index contributed by atoms with van der Waals surface area (Å²) in [5.41, 5.74) is 4.74. The third-order valence-corrected chi connectivity index (χ3v) is 11.5. The number of carbonyl (C=O) groups is 2. The Bertz CT molecular complexity index is 1410. The Morgan fingerprint density at radius 3 is 2.47 bits per heavy atom. The molecule has 0 spiro atoms. The molecule has 43 heavy (non-hydrogen) atoms. The molecule has 2 heterocycles. The van der Waals surface area contributed by atoms with Gasteiger partial charge in [-0.25, -0.2) is 0 Å². The molecule has 5 rings (SSSR count). The Labute approximate surface area is 255 Å². The molecule has 0 radical (unpaired) electrons. The maximum atomic E-state index is 15.8. The van der Waals surface area contributed by atoms with Crippen molar-refractivity contribution in [3.05, 3.63) is 95.6 Å². The topological polar surface area (TPSA) is 70.1 Å². The van der Waals surface area contributed by atoms with Gasteiger partial charge in [0.1, 0.15) is 0 Å². The Morgan fingerprint density at radius 1 is 1.00 bits per heavy atom. The van der Waals surface area contributed by atoms with Gasteiger partial charge in [0.05, 0.1) is 30.9 Å². The first-order valence-corrected chi connectivity index (χ1v) is 18.4. The molecule has 0 bridgehead atoms. The molecule has 0 saturated carbocycles. The first-order valence-electron chi connectivity index (χ1n) is 15.4. The number of fused-ring (bicyclic) bond motifs is 1. The van der Waals surface area contributed by atoms with Crippen LogP contribution in [0.2, 0.25) is 18.6 Å². The molecule has 2 aliphatic heterocycles. The molecule has 4 atom stereocenters. The molecule has 8 heteroatoms. The normalized spacial score (nSPS) is 22.0. The van der Waals surface area contributed by atoms with Gasteiger partial charge in [0, 0.05) is 30.7 Å². The molecule has 3 aromatic rings. The lowest BCUT2D eigenvalue weighted by molar-refractivity contribution is -0.135. The van der Waals surface area contributed by atoms with E-state index in [0.717, 1.165) is 35.3 Å². The first kappa shape index (κ1) is 31.1. The van der Waals surface area contributed by atoms with Gasteiger partial charge in [-0.15, -0.1) is 0 Å². The first-order chi connectivity index (χ1) is 20.7. The number of hydrogen-bond acceptors (Lipinski definition) is 4. The fraction of sp³-hybridized carbons (Fsp3) is 0.429. The summed E-state index contributed by atoms with van der Waals surface area (Å²) in [6, 6.07) is 25.8. The summed E-state index contributed by atoms with van der Waals surface area (Å²) in [6.07, 6.45) is 2.09. The number of nitrogens with zero attached hydrogens (tertiary/aromatic N) is 2. The summed E-state index contributed by atoms with van der Waals surface area (Å²) < 4.78 is 22.3. The van der Waals surface area contributed by atoms with E-state index >= 15 is 4.11 Å². The second kappa shape index (κ2) is 13.5. The lowest BCUT2D eigenvalue weighted by Gasteiger charge is -2.30. The second-order valence-electron chi connectivity index (χ2n) is 12.5. The number of halogens is 1. The van der Waals surface area contributed by atoms with Crippen molar-refractivity contribution in [2.45, 2.75) is 76.4 Å². The molecule has 0 aliphatic carbocycles. The Hall–Kier alpha value is -3.33. The van der Waals surface area contributed by atoms with E-state index in [0.29, 0.717) is 19.4 Å². The average molecular weight is 603 g/mol. The molecular formula is C35H43FN2O4Si. The molecule has 1 fully saturated rings. The number of carbonyl (C=O) groups excluding carboxylic acids is 2. The zero-order chi connectivity index (χ0) is 30.6. The summed E-state index contributed by atoms with van der Waals surface area (Å²) in [5, 5.41) is 9.63. The van der Waals surface area contributed by atoms with Crippen LogP contribution in [0.5, 0.6) is 0 Å². The number of amides is 2. The van der Waals surface area contributed by atoms with Crippen molar-refractivity contribution in [3.63, 3.8) is 0 Å². The number of para-hydroxylation sites is 1. The van der Waals surface area contributed by atoms with Crippen molar-refractivity contribution in [2.75, 3.05) is 18.1 Å². The Kier molecular flexibility index (Phi) is 9.79. The number of rotatable bonds is 11. The zero-order valence-electron chi connectivity index (χ0n) is 25.4. The molecule has 0 aromatic heterocycles. The lowest BCUT2D eigenvalue weighted by Crippen LogP contribution is -2.40. The van der Waals surface area contributed by atoms with Crippen molar-refractivity contribution in [1.82, 2.24) is 4.90 Å². The van der Waals surface area contributed by atoms with Crippen molar-refractivity contribution in [3.8, 4) is 0 Å². The van der Waals surface area contributed by atoms with Crippen LogP contribution in [0, 0.1) is 5.92 Å². The van der Waals surface area contributed by atoms with E-state index in [2.05, 4.69) is 25.1 Å². The molecular weight excluding hydrogens is 559 g/mol. The SMILES string of the molecule is C[C@@H]1[C@@H]([Si](C)(C)F)[C@H](CC(=O)N(CCO)Cc2ccccc2)O[C@@H]1CCc1cccc(N2C(=O)CCc3ccccc32)c1. The highest BCUT2D eigenvalue weighted by molar-refractivity contribution is 6.72. The van der Waals surface area contributed by atoms with Crippen LogP contribution in [0.1, 0.15) is 42.9 Å². The van der Waals surface area contributed by atoms with Gasteiger partial charge in [-0.2, -0.15) is 0 Å². The Balaban J connectivity index is 1.28.